The van der Waals surface area contributed by atoms with E-state index in [1.807, 2.05) is 4.72 Å². The Kier molecular flexibility index (Phi) is 3.11. The van der Waals surface area contributed by atoms with Crippen LogP contribution in [-0.2, 0) is 10.0 Å². The zero-order valence-electron chi connectivity index (χ0n) is 10.0. The molecule has 0 bridgehead atoms. The first-order valence-electron chi connectivity index (χ1n) is 5.55. The molecule has 8 heteroatoms. The maximum absolute atomic E-state index is 12.0. The van der Waals surface area contributed by atoms with Crippen LogP contribution >= 0.6 is 11.3 Å². The van der Waals surface area contributed by atoms with Gasteiger partial charge in [0.25, 0.3) is 15.9 Å². The Hall–Kier alpha value is -2.06. The van der Waals surface area contributed by atoms with Crippen molar-refractivity contribution in [3.63, 3.8) is 0 Å². The number of sulfonamides is 1. The van der Waals surface area contributed by atoms with Gasteiger partial charge in [-0.3, -0.25) is 4.79 Å². The fourth-order valence-corrected chi connectivity index (χ4v) is 3.69. The zero-order chi connectivity index (χ0) is 14.2. The van der Waals surface area contributed by atoms with Crippen molar-refractivity contribution in [3.05, 3.63) is 40.6 Å². The summed E-state index contributed by atoms with van der Waals surface area (Å²) in [5.41, 5.74) is 0.188. The van der Waals surface area contributed by atoms with Gasteiger partial charge in [0.2, 0.25) is 6.79 Å². The predicted octanol–water partition coefficient (Wildman–Crippen LogP) is 1.60. The summed E-state index contributed by atoms with van der Waals surface area (Å²) in [7, 11) is -3.84. The Bertz CT molecular complexity index is 752. The van der Waals surface area contributed by atoms with Crippen molar-refractivity contribution in [2.75, 3.05) is 6.79 Å². The molecule has 0 unspecified atom stereocenters. The number of fused-ring (bicyclic) bond motifs is 1. The highest BCUT2D eigenvalue weighted by Gasteiger charge is 2.21. The van der Waals surface area contributed by atoms with Crippen molar-refractivity contribution in [1.82, 2.24) is 4.72 Å². The number of carbonyl (C=O) groups excluding carboxylic acids is 1. The number of hydrogen-bond donors (Lipinski definition) is 1. The fraction of sp³-hybridized carbons (Fsp3) is 0.0833. The van der Waals surface area contributed by atoms with Crippen molar-refractivity contribution in [1.29, 1.82) is 0 Å². The molecule has 2 heterocycles. The number of amides is 1. The van der Waals surface area contributed by atoms with Crippen LogP contribution in [0.3, 0.4) is 0 Å². The molecule has 2 aromatic rings. The number of hydrogen-bond acceptors (Lipinski definition) is 6. The lowest BCUT2D eigenvalue weighted by atomic mass is 10.2. The summed E-state index contributed by atoms with van der Waals surface area (Å²) in [6, 6.07) is 5.92. The Balaban J connectivity index is 1.83. The topological polar surface area (TPSA) is 81.7 Å². The third kappa shape index (κ3) is 2.35. The summed E-state index contributed by atoms with van der Waals surface area (Å²) in [5.74, 6) is 0.238. The molecule has 104 valence electrons. The molecule has 0 saturated heterocycles. The SMILES string of the molecule is O=C(NS(=O)(=O)c1ccsc1)c1ccc2c(c1)OCO2. The summed E-state index contributed by atoms with van der Waals surface area (Å²) < 4.78 is 36.1. The first-order chi connectivity index (χ1) is 9.56. The van der Waals surface area contributed by atoms with Gasteiger partial charge in [-0.05, 0) is 29.6 Å². The van der Waals surface area contributed by atoms with E-state index in [2.05, 4.69) is 0 Å². The van der Waals surface area contributed by atoms with E-state index in [4.69, 9.17) is 9.47 Å². The third-order valence-corrected chi connectivity index (χ3v) is 4.83. The van der Waals surface area contributed by atoms with Crippen LogP contribution in [0.2, 0.25) is 0 Å². The zero-order valence-corrected chi connectivity index (χ0v) is 11.7. The van der Waals surface area contributed by atoms with E-state index in [-0.39, 0.29) is 17.3 Å². The van der Waals surface area contributed by atoms with Crippen LogP contribution in [0.5, 0.6) is 11.5 Å². The Morgan fingerprint density at radius 2 is 2.00 bits per heavy atom. The van der Waals surface area contributed by atoms with Gasteiger partial charge in [-0.1, -0.05) is 0 Å². The van der Waals surface area contributed by atoms with Gasteiger partial charge in [-0.15, -0.1) is 0 Å². The monoisotopic (exact) mass is 311 g/mol. The van der Waals surface area contributed by atoms with E-state index in [0.29, 0.717) is 11.5 Å². The lowest BCUT2D eigenvalue weighted by molar-refractivity contribution is 0.0981. The average Bonchev–Trinajstić information content (AvgIpc) is 3.09. The summed E-state index contributed by atoms with van der Waals surface area (Å²) in [6.07, 6.45) is 0. The second-order valence-electron chi connectivity index (χ2n) is 3.96. The molecule has 0 aliphatic carbocycles. The van der Waals surface area contributed by atoms with Gasteiger partial charge in [0.1, 0.15) is 0 Å². The molecule has 1 amide bonds. The summed E-state index contributed by atoms with van der Waals surface area (Å²) in [6.45, 7) is 0.0909. The summed E-state index contributed by atoms with van der Waals surface area (Å²) >= 11 is 1.24. The first kappa shape index (κ1) is 12.9. The maximum Gasteiger partial charge on any atom is 0.265 e. The van der Waals surface area contributed by atoms with Crippen LogP contribution in [0.15, 0.2) is 39.9 Å². The van der Waals surface area contributed by atoms with Crippen LogP contribution in [-0.4, -0.2) is 21.1 Å². The van der Waals surface area contributed by atoms with Crippen molar-refractivity contribution < 1.29 is 22.7 Å². The van der Waals surface area contributed by atoms with Gasteiger partial charge >= 0.3 is 0 Å². The lowest BCUT2D eigenvalue weighted by Gasteiger charge is -2.06. The molecule has 6 nitrogen and oxygen atoms in total. The van der Waals surface area contributed by atoms with Crippen LogP contribution in [0.1, 0.15) is 10.4 Å². The highest BCUT2D eigenvalue weighted by Crippen LogP contribution is 2.32. The smallest absolute Gasteiger partial charge is 0.265 e. The first-order valence-corrected chi connectivity index (χ1v) is 7.98. The molecule has 0 radical (unpaired) electrons. The maximum atomic E-state index is 12.0. The number of thiophene rings is 1. The largest absolute Gasteiger partial charge is 0.454 e. The van der Waals surface area contributed by atoms with E-state index in [1.54, 1.807) is 11.4 Å². The van der Waals surface area contributed by atoms with Gasteiger partial charge in [-0.25, -0.2) is 13.1 Å². The van der Waals surface area contributed by atoms with Crippen LogP contribution in [0.4, 0.5) is 0 Å². The van der Waals surface area contributed by atoms with Crippen molar-refractivity contribution >= 4 is 27.3 Å². The number of benzene rings is 1. The second-order valence-corrected chi connectivity index (χ2v) is 6.42. The molecule has 1 aliphatic heterocycles. The number of nitrogens with one attached hydrogen (secondary N) is 1. The summed E-state index contributed by atoms with van der Waals surface area (Å²) in [5, 5.41) is 3.08. The molecule has 1 N–H and O–H groups in total. The third-order valence-electron chi connectivity index (χ3n) is 2.67. The molecule has 0 atom stereocenters. The minimum Gasteiger partial charge on any atom is -0.454 e. The Morgan fingerprint density at radius 1 is 1.20 bits per heavy atom. The number of carbonyl (C=O) groups is 1. The minimum atomic E-state index is -3.84. The van der Waals surface area contributed by atoms with Crippen LogP contribution in [0.25, 0.3) is 0 Å². The van der Waals surface area contributed by atoms with Crippen molar-refractivity contribution in [2.24, 2.45) is 0 Å². The highest BCUT2D eigenvalue weighted by molar-refractivity contribution is 7.90. The minimum absolute atomic E-state index is 0.0663. The van der Waals surface area contributed by atoms with Gasteiger partial charge in [0, 0.05) is 10.9 Å². The standard InChI is InChI=1S/C12H9NO5S2/c14-12(13-20(15,16)9-3-4-19-6-9)8-1-2-10-11(5-8)18-7-17-10/h1-6H,7H2,(H,13,14). The lowest BCUT2D eigenvalue weighted by Crippen LogP contribution is -2.30. The number of rotatable bonds is 3. The quantitative estimate of drug-likeness (QED) is 0.931. The van der Waals surface area contributed by atoms with Gasteiger partial charge in [0.05, 0.1) is 4.90 Å². The molecular weight excluding hydrogens is 302 g/mol. The average molecular weight is 311 g/mol. The molecule has 0 spiro atoms. The van der Waals surface area contributed by atoms with Crippen LogP contribution in [0, 0.1) is 0 Å². The summed E-state index contributed by atoms with van der Waals surface area (Å²) in [4.78, 5) is 12.0. The van der Waals surface area contributed by atoms with E-state index < -0.39 is 15.9 Å². The van der Waals surface area contributed by atoms with Crippen molar-refractivity contribution in [2.45, 2.75) is 4.90 Å². The van der Waals surface area contributed by atoms with E-state index in [1.165, 1.54) is 34.9 Å². The van der Waals surface area contributed by atoms with Gasteiger partial charge in [0.15, 0.2) is 11.5 Å². The number of ether oxygens (including phenoxy) is 2. The molecule has 3 rings (SSSR count). The Labute approximate surface area is 119 Å². The molecule has 1 aromatic heterocycles. The molecule has 0 fully saturated rings. The second kappa shape index (κ2) is 4.80. The molecule has 20 heavy (non-hydrogen) atoms. The molecule has 1 aliphatic rings. The highest BCUT2D eigenvalue weighted by atomic mass is 32.2. The van der Waals surface area contributed by atoms with E-state index in [0.717, 1.165) is 0 Å². The molecule has 0 saturated carbocycles. The molecular formula is C12H9NO5S2. The molecule has 1 aromatic carbocycles. The fourth-order valence-electron chi connectivity index (χ4n) is 1.68. The van der Waals surface area contributed by atoms with E-state index in [9.17, 15) is 13.2 Å². The van der Waals surface area contributed by atoms with Crippen molar-refractivity contribution in [3.8, 4) is 11.5 Å². The predicted molar refractivity (Wildman–Crippen MR) is 71.5 cm³/mol. The normalized spacial score (nSPS) is 13.2. The van der Waals surface area contributed by atoms with Gasteiger partial charge in [-0.2, -0.15) is 11.3 Å². The van der Waals surface area contributed by atoms with E-state index >= 15 is 0 Å². The van der Waals surface area contributed by atoms with Crippen LogP contribution < -0.4 is 14.2 Å². The Morgan fingerprint density at radius 3 is 2.75 bits per heavy atom. The van der Waals surface area contributed by atoms with Gasteiger partial charge < -0.3 is 9.47 Å².